The van der Waals surface area contributed by atoms with Crippen LogP contribution in [-0.2, 0) is 28.5 Å². The number of esters is 2. The summed E-state index contributed by atoms with van der Waals surface area (Å²) >= 11 is 18.2. The fraction of sp³-hybridized carbons (Fsp3) is 0.474. The lowest BCUT2D eigenvalue weighted by Crippen LogP contribution is -2.30. The molecular weight excluding hydrogens is 846 g/mol. The number of aromatic nitrogens is 8. The van der Waals surface area contributed by atoms with Crippen molar-refractivity contribution in [1.82, 2.24) is 39.5 Å². The predicted octanol–water partition coefficient (Wildman–Crippen LogP) is 6.20. The lowest BCUT2D eigenvalue weighted by molar-refractivity contribution is -0.154. The zero-order valence-corrected chi connectivity index (χ0v) is 36.2. The van der Waals surface area contributed by atoms with E-state index in [1.165, 1.54) is 19.9 Å². The summed E-state index contributed by atoms with van der Waals surface area (Å²) in [5, 5.41) is 27.3. The van der Waals surface area contributed by atoms with Crippen molar-refractivity contribution in [3.05, 3.63) is 63.9 Å². The van der Waals surface area contributed by atoms with Crippen molar-refractivity contribution in [3.8, 4) is 11.5 Å². The molecule has 60 heavy (non-hydrogen) atoms. The first-order valence-electron chi connectivity index (χ1n) is 19.1. The van der Waals surface area contributed by atoms with Gasteiger partial charge in [0.25, 0.3) is 0 Å². The molecule has 6 aromatic rings. The summed E-state index contributed by atoms with van der Waals surface area (Å²) in [6.07, 6.45) is 2.56. The van der Waals surface area contributed by atoms with Crippen LogP contribution >= 0.6 is 34.8 Å². The molecule has 2 aliphatic rings. The summed E-state index contributed by atoms with van der Waals surface area (Å²) in [6, 6.07) is 6.88. The Balaban J connectivity index is 0.000000169. The minimum Gasteiger partial charge on any atom is -0.470 e. The Morgan fingerprint density at radius 3 is 1.65 bits per heavy atom. The van der Waals surface area contributed by atoms with Crippen LogP contribution in [0.3, 0.4) is 0 Å². The Labute approximate surface area is 359 Å². The summed E-state index contributed by atoms with van der Waals surface area (Å²) in [7, 11) is -1.49. The van der Waals surface area contributed by atoms with Gasteiger partial charge >= 0.3 is 19.1 Å². The molecule has 0 aliphatic carbocycles. The van der Waals surface area contributed by atoms with Crippen molar-refractivity contribution in [2.24, 2.45) is 11.8 Å². The van der Waals surface area contributed by atoms with Gasteiger partial charge in [0.1, 0.15) is 22.3 Å². The minimum absolute atomic E-state index is 0.0163. The highest BCUT2D eigenvalue weighted by Crippen LogP contribution is 2.41. The molecule has 8 heterocycles. The summed E-state index contributed by atoms with van der Waals surface area (Å²) in [5.74, 6) is 1.34. The maximum absolute atomic E-state index is 11.6. The Bertz CT molecular complexity index is 2460. The van der Waals surface area contributed by atoms with Gasteiger partial charge in [0, 0.05) is 25.7 Å². The molecule has 22 heteroatoms. The molecular formula is C38H44BCl3N8O10. The summed E-state index contributed by atoms with van der Waals surface area (Å²) < 4.78 is 37.0. The van der Waals surface area contributed by atoms with Gasteiger partial charge in [-0.15, -0.1) is 0 Å². The van der Waals surface area contributed by atoms with Gasteiger partial charge in [0.2, 0.25) is 10.6 Å². The topological polar surface area (TPSA) is 225 Å². The van der Waals surface area contributed by atoms with E-state index < -0.39 is 31.8 Å². The van der Waals surface area contributed by atoms with Gasteiger partial charge in [-0.05, 0) is 74.2 Å². The molecule has 2 saturated heterocycles. The average Bonchev–Trinajstić information content (AvgIpc) is 4.05. The fourth-order valence-electron chi connectivity index (χ4n) is 7.23. The third-order valence-corrected chi connectivity index (χ3v) is 10.7. The summed E-state index contributed by atoms with van der Waals surface area (Å²) in [6.45, 7) is 14.4. The van der Waals surface area contributed by atoms with Crippen molar-refractivity contribution in [2.75, 3.05) is 0 Å². The van der Waals surface area contributed by atoms with Gasteiger partial charge in [0.05, 0.1) is 41.1 Å². The molecule has 0 amide bonds. The third-order valence-electron chi connectivity index (χ3n) is 10.1. The highest BCUT2D eigenvalue weighted by atomic mass is 35.5. The maximum atomic E-state index is 11.6. The first-order valence-corrected chi connectivity index (χ1v) is 20.3. The van der Waals surface area contributed by atoms with Crippen LogP contribution in [0, 0.1) is 25.7 Å². The zero-order chi connectivity index (χ0) is 43.6. The third kappa shape index (κ3) is 9.62. The number of fused-ring (bicyclic) bond motifs is 2. The fourth-order valence-corrected chi connectivity index (χ4v) is 7.81. The second kappa shape index (κ2) is 19.0. The van der Waals surface area contributed by atoms with E-state index in [2.05, 4.69) is 30.1 Å². The molecule has 2 aliphatic heterocycles. The van der Waals surface area contributed by atoms with E-state index in [9.17, 15) is 9.59 Å². The van der Waals surface area contributed by atoms with E-state index in [0.717, 1.165) is 18.6 Å². The summed E-state index contributed by atoms with van der Waals surface area (Å²) in [4.78, 5) is 39.9. The molecule has 6 aromatic heterocycles. The second-order valence-electron chi connectivity index (χ2n) is 14.3. The van der Waals surface area contributed by atoms with Crippen molar-refractivity contribution in [2.45, 2.75) is 105 Å². The maximum Gasteiger partial charge on any atom is 0.526 e. The van der Waals surface area contributed by atoms with Crippen LogP contribution in [0.25, 0.3) is 33.5 Å². The molecule has 0 bridgehead atoms. The van der Waals surface area contributed by atoms with Crippen LogP contribution < -0.4 is 5.66 Å². The molecule has 0 spiro atoms. The Morgan fingerprint density at radius 2 is 1.22 bits per heavy atom. The molecule has 18 nitrogen and oxygen atoms in total. The molecule has 8 rings (SSSR count). The van der Waals surface area contributed by atoms with Gasteiger partial charge in [-0.2, -0.15) is 20.2 Å². The Morgan fingerprint density at radius 1 is 0.733 bits per heavy atom. The van der Waals surface area contributed by atoms with E-state index in [-0.39, 0.29) is 57.4 Å². The molecule has 2 fully saturated rings. The van der Waals surface area contributed by atoms with Crippen LogP contribution in [-0.4, -0.2) is 93.0 Å². The van der Waals surface area contributed by atoms with E-state index in [1.54, 1.807) is 34.7 Å². The van der Waals surface area contributed by atoms with Gasteiger partial charge in [0.15, 0.2) is 41.7 Å². The number of hydrogen-bond acceptors (Lipinski definition) is 16. The highest BCUT2D eigenvalue weighted by Gasteiger charge is 2.47. The molecule has 8 atom stereocenters. The first kappa shape index (κ1) is 44.9. The number of rotatable bonds is 8. The van der Waals surface area contributed by atoms with Crippen LogP contribution in [0.15, 0.2) is 45.5 Å². The molecule has 0 aromatic carbocycles. The van der Waals surface area contributed by atoms with Crippen LogP contribution in [0.5, 0.6) is 0 Å². The standard InChI is InChI=1S/C19H21ClN4O4.C14H16Cl2N4O3.C5H7BO3/c1-5-13-10(3)16(27-11(4)25)18(28-13)24-17-12(8-21-24)15(22-19(20)23-17)14-7-6-9(2)26-14;1-4-9-6(2)10(22-7(3)21)13(23-9)20-12-8(5-17-20)11(15)18-14(16)19-12;1-4-2-3-5(9-4)6(7)8/h6-8,10,13,16,18H,5H2,1-4H3;5-6,9-10,13H,4H2,1-3H3;2-3,7-8H,1H3/t10-,13-,16?,18-;6-,9-,10?,13-;/m11./s1. The van der Waals surface area contributed by atoms with Crippen LogP contribution in [0.1, 0.15) is 78.4 Å². The quantitative estimate of drug-likeness (QED) is 0.0751. The smallest absolute Gasteiger partial charge is 0.470 e. The van der Waals surface area contributed by atoms with Gasteiger partial charge in [-0.3, -0.25) is 9.59 Å². The highest BCUT2D eigenvalue weighted by molar-refractivity contribution is 6.57. The predicted molar refractivity (Wildman–Crippen MR) is 219 cm³/mol. The molecule has 320 valence electrons. The number of carbonyl (C=O) groups is 2. The monoisotopic (exact) mass is 888 g/mol. The van der Waals surface area contributed by atoms with Gasteiger partial charge < -0.3 is 37.8 Å². The normalized spacial score (nSPS) is 23.6. The number of nitrogens with zero attached hydrogens (tertiary/aromatic N) is 8. The van der Waals surface area contributed by atoms with Crippen LogP contribution in [0.4, 0.5) is 0 Å². The molecule has 2 N–H and O–H groups in total. The molecule has 2 unspecified atom stereocenters. The van der Waals surface area contributed by atoms with E-state index in [1.807, 2.05) is 46.8 Å². The zero-order valence-electron chi connectivity index (χ0n) is 33.9. The number of carbonyl (C=O) groups excluding carboxylic acids is 2. The SMILES string of the molecule is CC[C@H]1O[C@@H](n2ncc3c(-c4ccc(C)o4)nc(Cl)nc32)C(OC(C)=O)[C@@H]1C.CC[C@H]1O[C@@H](n2ncc3c(Cl)nc(Cl)nc32)C(OC(C)=O)[C@@H]1C.Cc1ccc(B(O)O)o1. The lowest BCUT2D eigenvalue weighted by atomic mass is 9.88. The van der Waals surface area contributed by atoms with Gasteiger partial charge in [-0.1, -0.05) is 39.3 Å². The van der Waals surface area contributed by atoms with Crippen molar-refractivity contribution in [1.29, 1.82) is 0 Å². The Kier molecular flexibility index (Phi) is 14.2. The van der Waals surface area contributed by atoms with Crippen LogP contribution in [0.2, 0.25) is 15.7 Å². The molecule has 0 radical (unpaired) electrons. The minimum atomic E-state index is -1.49. The number of ether oxygens (including phenoxy) is 4. The van der Waals surface area contributed by atoms with Gasteiger partial charge in [-0.25, -0.2) is 19.3 Å². The lowest BCUT2D eigenvalue weighted by Gasteiger charge is -2.21. The summed E-state index contributed by atoms with van der Waals surface area (Å²) in [5.41, 5.74) is 1.68. The van der Waals surface area contributed by atoms with E-state index >= 15 is 0 Å². The average molecular weight is 890 g/mol. The Hall–Kier alpha value is -4.63. The van der Waals surface area contributed by atoms with Crippen molar-refractivity contribution in [3.63, 3.8) is 0 Å². The number of halogens is 3. The number of aryl methyl sites for hydroxylation is 2. The van der Waals surface area contributed by atoms with Crippen molar-refractivity contribution >= 4 is 81.6 Å². The first-order chi connectivity index (χ1) is 28.5. The second-order valence-corrected chi connectivity index (χ2v) is 15.4. The molecule has 0 saturated carbocycles. The van der Waals surface area contributed by atoms with Crippen molar-refractivity contribution < 1.29 is 47.4 Å². The largest absolute Gasteiger partial charge is 0.526 e. The van der Waals surface area contributed by atoms with E-state index in [0.29, 0.717) is 39.3 Å². The number of hydrogen-bond donors (Lipinski definition) is 2. The number of furan rings is 2. The van der Waals surface area contributed by atoms with E-state index in [4.69, 9.17) is 72.6 Å².